The number of β-amino-alcohol motifs (C(OH)–C–C–N with tert-alkyl or cyclic N) is 1. The number of rotatable bonds is 5. The minimum absolute atomic E-state index is 0.0738. The molecule has 2 heterocycles. The van der Waals surface area contributed by atoms with Gasteiger partial charge in [-0.3, -0.25) is 14.5 Å². The number of nitrogens with zero attached hydrogens (tertiary/aromatic N) is 2. The zero-order chi connectivity index (χ0) is 18.7. The zero-order valence-electron chi connectivity index (χ0n) is 15.1. The van der Waals surface area contributed by atoms with Gasteiger partial charge in [0.2, 0.25) is 0 Å². The molecule has 0 aliphatic carbocycles. The Morgan fingerprint density at radius 3 is 2.81 bits per heavy atom. The van der Waals surface area contributed by atoms with E-state index in [0.29, 0.717) is 30.8 Å². The lowest BCUT2D eigenvalue weighted by molar-refractivity contribution is -0.138. The number of aliphatic hydroxyl groups is 1. The van der Waals surface area contributed by atoms with Crippen LogP contribution in [0.5, 0.6) is 0 Å². The maximum absolute atomic E-state index is 12.5. The van der Waals surface area contributed by atoms with Gasteiger partial charge >= 0.3 is 0 Å². The number of aromatic nitrogens is 2. The summed E-state index contributed by atoms with van der Waals surface area (Å²) in [5.74, 6) is -0.443. The standard InChI is InChI=1S/C19H24N4O3/c1-13-14(2)21-22-17(24)16(13)10-20-18(25)19(26)8-9-23(12-19)11-15-6-4-3-5-7-15/h3-7,26H,8-12H2,1-2H3,(H,20,25)(H,22,24). The van der Waals surface area contributed by atoms with Crippen molar-refractivity contribution in [2.45, 2.75) is 39.0 Å². The van der Waals surface area contributed by atoms with E-state index in [-0.39, 0.29) is 18.6 Å². The number of benzene rings is 1. The monoisotopic (exact) mass is 356 g/mol. The van der Waals surface area contributed by atoms with E-state index in [2.05, 4.69) is 20.4 Å². The molecule has 1 aromatic heterocycles. The molecule has 0 saturated carbocycles. The van der Waals surface area contributed by atoms with E-state index >= 15 is 0 Å². The molecular formula is C19H24N4O3. The van der Waals surface area contributed by atoms with Gasteiger partial charge in [-0.2, -0.15) is 5.10 Å². The number of H-pyrrole nitrogens is 1. The van der Waals surface area contributed by atoms with Crippen molar-refractivity contribution >= 4 is 5.91 Å². The van der Waals surface area contributed by atoms with Crippen molar-refractivity contribution in [3.63, 3.8) is 0 Å². The molecule has 2 aromatic rings. The third-order valence-corrected chi connectivity index (χ3v) is 5.02. The molecule has 1 aliphatic heterocycles. The second-order valence-corrected chi connectivity index (χ2v) is 6.90. The Bertz CT molecular complexity index is 850. The predicted molar refractivity (Wildman–Crippen MR) is 97.5 cm³/mol. The molecule has 1 amide bonds. The van der Waals surface area contributed by atoms with Gasteiger partial charge in [-0.15, -0.1) is 0 Å². The molecule has 3 rings (SSSR count). The maximum atomic E-state index is 12.5. The highest BCUT2D eigenvalue weighted by molar-refractivity contribution is 5.85. The van der Waals surface area contributed by atoms with Gasteiger partial charge < -0.3 is 10.4 Å². The largest absolute Gasteiger partial charge is 0.379 e. The van der Waals surface area contributed by atoms with Crippen LogP contribution in [0.25, 0.3) is 0 Å². The summed E-state index contributed by atoms with van der Waals surface area (Å²) in [4.78, 5) is 26.5. The SMILES string of the molecule is Cc1n[nH]c(=O)c(CNC(=O)C2(O)CCN(Cc3ccccc3)C2)c1C. The molecule has 26 heavy (non-hydrogen) atoms. The van der Waals surface area contributed by atoms with E-state index in [0.717, 1.165) is 11.1 Å². The Labute approximate surface area is 152 Å². The van der Waals surface area contributed by atoms with Crippen LogP contribution in [0.15, 0.2) is 35.1 Å². The predicted octanol–water partition coefficient (Wildman–Crippen LogP) is 0.640. The summed E-state index contributed by atoms with van der Waals surface area (Å²) < 4.78 is 0. The zero-order valence-corrected chi connectivity index (χ0v) is 15.1. The Kier molecular flexibility index (Phi) is 5.20. The van der Waals surface area contributed by atoms with Crippen LogP contribution >= 0.6 is 0 Å². The van der Waals surface area contributed by atoms with E-state index in [1.54, 1.807) is 13.8 Å². The molecule has 1 unspecified atom stereocenters. The van der Waals surface area contributed by atoms with Gasteiger partial charge in [0.15, 0.2) is 5.60 Å². The second kappa shape index (κ2) is 7.39. The van der Waals surface area contributed by atoms with Crippen molar-refractivity contribution < 1.29 is 9.90 Å². The first kappa shape index (κ1) is 18.3. The maximum Gasteiger partial charge on any atom is 0.269 e. The van der Waals surface area contributed by atoms with Crippen LogP contribution in [-0.2, 0) is 17.9 Å². The first-order chi connectivity index (χ1) is 12.4. The van der Waals surface area contributed by atoms with Crippen molar-refractivity contribution in [2.24, 2.45) is 0 Å². The Hall–Kier alpha value is -2.51. The normalized spacial score (nSPS) is 20.3. The van der Waals surface area contributed by atoms with Crippen molar-refractivity contribution in [3.05, 3.63) is 63.1 Å². The van der Waals surface area contributed by atoms with Crippen LogP contribution in [0, 0.1) is 13.8 Å². The van der Waals surface area contributed by atoms with Gasteiger partial charge in [-0.1, -0.05) is 30.3 Å². The van der Waals surface area contributed by atoms with Crippen LogP contribution in [0.2, 0.25) is 0 Å². The Morgan fingerprint density at radius 2 is 2.08 bits per heavy atom. The summed E-state index contributed by atoms with van der Waals surface area (Å²) in [6, 6.07) is 9.96. The molecule has 0 spiro atoms. The smallest absolute Gasteiger partial charge is 0.269 e. The van der Waals surface area contributed by atoms with Crippen molar-refractivity contribution in [3.8, 4) is 0 Å². The quantitative estimate of drug-likeness (QED) is 0.730. The lowest BCUT2D eigenvalue weighted by Gasteiger charge is -2.23. The number of carbonyl (C=O) groups is 1. The van der Waals surface area contributed by atoms with E-state index in [4.69, 9.17) is 0 Å². The lowest BCUT2D eigenvalue weighted by atomic mass is 10.0. The molecule has 3 N–H and O–H groups in total. The van der Waals surface area contributed by atoms with Crippen LogP contribution < -0.4 is 10.9 Å². The first-order valence-electron chi connectivity index (χ1n) is 8.71. The number of carbonyl (C=O) groups excluding carboxylic acids is 1. The fraction of sp³-hybridized carbons (Fsp3) is 0.421. The van der Waals surface area contributed by atoms with Crippen LogP contribution in [0.4, 0.5) is 0 Å². The molecule has 1 atom stereocenters. The summed E-state index contributed by atoms with van der Waals surface area (Å²) in [5, 5.41) is 19.8. The van der Waals surface area contributed by atoms with Crippen LogP contribution in [-0.4, -0.2) is 44.8 Å². The third kappa shape index (κ3) is 3.84. The molecule has 7 nitrogen and oxygen atoms in total. The van der Waals surface area contributed by atoms with E-state index in [1.807, 2.05) is 30.3 Å². The minimum Gasteiger partial charge on any atom is -0.379 e. The summed E-state index contributed by atoms with van der Waals surface area (Å²) in [6.45, 7) is 5.28. The number of hydrogen-bond acceptors (Lipinski definition) is 5. The van der Waals surface area contributed by atoms with Crippen molar-refractivity contribution in [1.82, 2.24) is 20.4 Å². The van der Waals surface area contributed by atoms with Gasteiger partial charge in [0.25, 0.3) is 11.5 Å². The first-order valence-corrected chi connectivity index (χ1v) is 8.71. The van der Waals surface area contributed by atoms with Crippen LogP contribution in [0.3, 0.4) is 0 Å². The number of amides is 1. The lowest BCUT2D eigenvalue weighted by Crippen LogP contribution is -2.48. The molecule has 1 saturated heterocycles. The van der Waals surface area contributed by atoms with Gasteiger partial charge in [0, 0.05) is 31.7 Å². The average Bonchev–Trinajstić information content (AvgIpc) is 3.01. The molecule has 138 valence electrons. The Balaban J connectivity index is 1.61. The van der Waals surface area contributed by atoms with E-state index in [1.165, 1.54) is 0 Å². The highest BCUT2D eigenvalue weighted by atomic mass is 16.3. The van der Waals surface area contributed by atoms with Gasteiger partial charge in [-0.25, -0.2) is 5.10 Å². The summed E-state index contributed by atoms with van der Waals surface area (Å²) in [5.41, 5.74) is 1.32. The number of likely N-dealkylation sites (tertiary alicyclic amines) is 1. The van der Waals surface area contributed by atoms with Gasteiger partial charge in [0.1, 0.15) is 0 Å². The van der Waals surface area contributed by atoms with Crippen LogP contribution in [0.1, 0.15) is 28.8 Å². The minimum atomic E-state index is -1.43. The molecule has 0 radical (unpaired) electrons. The van der Waals surface area contributed by atoms with Gasteiger partial charge in [-0.05, 0) is 31.4 Å². The molecule has 1 aliphatic rings. The summed E-state index contributed by atoms with van der Waals surface area (Å²) in [6.07, 6.45) is 0.371. The Morgan fingerprint density at radius 1 is 1.35 bits per heavy atom. The molecule has 7 heteroatoms. The number of nitrogens with one attached hydrogen (secondary N) is 2. The van der Waals surface area contributed by atoms with Gasteiger partial charge in [0.05, 0.1) is 5.69 Å². The highest BCUT2D eigenvalue weighted by Crippen LogP contribution is 2.23. The fourth-order valence-corrected chi connectivity index (χ4v) is 3.25. The number of hydrogen-bond donors (Lipinski definition) is 3. The summed E-state index contributed by atoms with van der Waals surface area (Å²) >= 11 is 0. The highest BCUT2D eigenvalue weighted by Gasteiger charge is 2.42. The summed E-state index contributed by atoms with van der Waals surface area (Å²) in [7, 11) is 0. The van der Waals surface area contributed by atoms with Crippen molar-refractivity contribution in [2.75, 3.05) is 13.1 Å². The van der Waals surface area contributed by atoms with E-state index in [9.17, 15) is 14.7 Å². The van der Waals surface area contributed by atoms with Crippen molar-refractivity contribution in [1.29, 1.82) is 0 Å². The number of aromatic amines is 1. The third-order valence-electron chi connectivity index (χ3n) is 5.02. The average molecular weight is 356 g/mol. The second-order valence-electron chi connectivity index (χ2n) is 6.90. The number of aryl methyl sites for hydroxylation is 1. The topological polar surface area (TPSA) is 98.3 Å². The van der Waals surface area contributed by atoms with E-state index < -0.39 is 11.5 Å². The molecular weight excluding hydrogens is 332 g/mol. The molecule has 1 aromatic carbocycles. The molecule has 1 fully saturated rings. The fourth-order valence-electron chi connectivity index (χ4n) is 3.25. The molecule has 0 bridgehead atoms.